The molecule has 2 atom stereocenters. The molecule has 4 amide bonds. The van der Waals surface area contributed by atoms with Crippen LogP contribution in [0.3, 0.4) is 0 Å². The summed E-state index contributed by atoms with van der Waals surface area (Å²) >= 11 is 1.22. The van der Waals surface area contributed by atoms with Gasteiger partial charge < -0.3 is 30.3 Å². The topological polar surface area (TPSA) is 192 Å². The van der Waals surface area contributed by atoms with Crippen molar-refractivity contribution in [1.82, 2.24) is 40.8 Å². The largest absolute Gasteiger partial charge is 0.446 e. The van der Waals surface area contributed by atoms with Crippen LogP contribution in [0.4, 0.5) is 0 Å². The molecule has 0 saturated heterocycles. The van der Waals surface area contributed by atoms with Gasteiger partial charge in [-0.3, -0.25) is 29.0 Å². The predicted octanol–water partition coefficient (Wildman–Crippen LogP) is 1.63. The molecular formula is C29H30N8O6S. The summed E-state index contributed by atoms with van der Waals surface area (Å²) in [6.45, 7) is 3.29. The molecule has 4 heterocycles. The number of H-pyrrole nitrogens is 1. The summed E-state index contributed by atoms with van der Waals surface area (Å²) in [6.07, 6.45) is 3.74. The second-order valence-corrected chi connectivity index (χ2v) is 11.3. The summed E-state index contributed by atoms with van der Waals surface area (Å²) in [6, 6.07) is 8.16. The number of amides is 4. The first-order chi connectivity index (χ1) is 21.2. The standard InChI is InChI=1S/C29H30N8O6S/c1-16(2)24-28-35-21(15-44-28)26(41)33-18(10-17-6-4-3-5-7-17)27-34-20(14-43-27)25(40)31-8-9-37(13-23(39)36-24)29(42)19-11-30-12-22(38)32-19/h3-7,11-12,14-16,18,24H,8-10,13H2,1-2H3,(H,31,40)(H,32,38)(H,33,41)(H,36,39)/t18-,24-/m0/s1. The lowest BCUT2D eigenvalue weighted by molar-refractivity contribution is -0.122. The number of aromatic nitrogens is 4. The van der Waals surface area contributed by atoms with Gasteiger partial charge in [0.05, 0.1) is 25.0 Å². The van der Waals surface area contributed by atoms with Gasteiger partial charge >= 0.3 is 0 Å². The van der Waals surface area contributed by atoms with Crippen LogP contribution in [-0.2, 0) is 11.2 Å². The molecule has 15 heteroatoms. The van der Waals surface area contributed by atoms with E-state index in [1.807, 2.05) is 44.2 Å². The van der Waals surface area contributed by atoms with Gasteiger partial charge in [-0.05, 0) is 11.5 Å². The second-order valence-electron chi connectivity index (χ2n) is 10.4. The Kier molecular flexibility index (Phi) is 9.23. The van der Waals surface area contributed by atoms with Crippen LogP contribution >= 0.6 is 11.3 Å². The zero-order valence-corrected chi connectivity index (χ0v) is 24.7. The van der Waals surface area contributed by atoms with Crippen molar-refractivity contribution in [3.63, 3.8) is 0 Å². The number of aromatic amines is 1. The molecule has 0 aliphatic carbocycles. The van der Waals surface area contributed by atoms with E-state index in [2.05, 4.69) is 35.9 Å². The number of benzene rings is 1. The zero-order valence-electron chi connectivity index (χ0n) is 23.9. The fraction of sp³-hybridized carbons (Fsp3) is 0.310. The fourth-order valence-corrected chi connectivity index (χ4v) is 5.60. The monoisotopic (exact) mass is 618 g/mol. The molecule has 1 aliphatic heterocycles. The first-order valence-electron chi connectivity index (χ1n) is 13.8. The number of hydrogen-bond acceptors (Lipinski definition) is 10. The molecule has 0 radical (unpaired) electrons. The highest BCUT2D eigenvalue weighted by Gasteiger charge is 2.28. The minimum Gasteiger partial charge on any atom is -0.446 e. The highest BCUT2D eigenvalue weighted by Crippen LogP contribution is 2.26. The molecule has 0 fully saturated rings. The highest BCUT2D eigenvalue weighted by molar-refractivity contribution is 7.09. The van der Waals surface area contributed by atoms with E-state index < -0.39 is 41.3 Å². The van der Waals surface area contributed by atoms with Crippen molar-refractivity contribution in [3.8, 4) is 0 Å². The van der Waals surface area contributed by atoms with Crippen LogP contribution in [0.5, 0.6) is 0 Å². The van der Waals surface area contributed by atoms with Crippen molar-refractivity contribution in [3.05, 3.63) is 98.3 Å². The van der Waals surface area contributed by atoms with Crippen molar-refractivity contribution >= 4 is 35.0 Å². The molecule has 44 heavy (non-hydrogen) atoms. The van der Waals surface area contributed by atoms with Crippen LogP contribution in [0.15, 0.2) is 63.6 Å². The van der Waals surface area contributed by atoms with E-state index in [-0.39, 0.29) is 48.5 Å². The third kappa shape index (κ3) is 7.23. The Labute approximate surface area is 255 Å². The van der Waals surface area contributed by atoms with E-state index in [0.717, 1.165) is 11.8 Å². The van der Waals surface area contributed by atoms with E-state index >= 15 is 0 Å². The first-order valence-corrected chi connectivity index (χ1v) is 14.7. The predicted molar refractivity (Wildman–Crippen MR) is 158 cm³/mol. The second kappa shape index (κ2) is 13.4. The van der Waals surface area contributed by atoms with Gasteiger partial charge in [0.1, 0.15) is 28.7 Å². The molecule has 4 aromatic rings. The van der Waals surface area contributed by atoms with Crippen molar-refractivity contribution in [1.29, 1.82) is 0 Å². The molecule has 1 aliphatic rings. The van der Waals surface area contributed by atoms with Crippen LogP contribution in [-0.4, -0.2) is 68.1 Å². The Morgan fingerprint density at radius 1 is 1.05 bits per heavy atom. The van der Waals surface area contributed by atoms with E-state index in [1.54, 1.807) is 5.38 Å². The maximum absolute atomic E-state index is 13.4. The molecule has 4 N–H and O–H groups in total. The molecule has 228 valence electrons. The maximum Gasteiger partial charge on any atom is 0.273 e. The van der Waals surface area contributed by atoms with E-state index in [0.29, 0.717) is 11.4 Å². The summed E-state index contributed by atoms with van der Waals surface area (Å²) < 4.78 is 5.65. The first kappa shape index (κ1) is 30.3. The zero-order chi connectivity index (χ0) is 31.2. The molecule has 1 aromatic carbocycles. The summed E-state index contributed by atoms with van der Waals surface area (Å²) in [5, 5.41) is 10.6. The Morgan fingerprint density at radius 3 is 2.59 bits per heavy atom. The lowest BCUT2D eigenvalue weighted by atomic mass is 10.0. The Balaban J connectivity index is 1.47. The molecule has 14 nitrogen and oxygen atoms in total. The maximum atomic E-state index is 13.4. The van der Waals surface area contributed by atoms with Crippen LogP contribution in [0.2, 0.25) is 0 Å². The fourth-order valence-electron chi connectivity index (χ4n) is 4.58. The molecule has 4 bridgehead atoms. The van der Waals surface area contributed by atoms with Crippen LogP contribution in [0, 0.1) is 5.92 Å². The number of oxazole rings is 1. The van der Waals surface area contributed by atoms with Crippen molar-refractivity contribution in [2.45, 2.75) is 32.4 Å². The van der Waals surface area contributed by atoms with Crippen molar-refractivity contribution in [2.75, 3.05) is 19.6 Å². The Hall–Kier alpha value is -5.18. The van der Waals surface area contributed by atoms with Gasteiger partial charge in [0, 0.05) is 24.9 Å². The SMILES string of the molecule is CC(C)[C@@H]1NC(=O)CN(C(=O)c2cncc(=O)[nH]2)CCNC(=O)c2coc(n2)[C@H](Cc2ccccc2)NC(=O)c2csc1n2. The normalized spacial score (nSPS) is 18.2. The minimum atomic E-state index is -0.717. The van der Waals surface area contributed by atoms with Crippen LogP contribution < -0.4 is 21.5 Å². The lowest BCUT2D eigenvalue weighted by Gasteiger charge is -2.25. The van der Waals surface area contributed by atoms with Gasteiger partial charge in [-0.2, -0.15) is 0 Å². The lowest BCUT2D eigenvalue weighted by Crippen LogP contribution is -2.46. The molecule has 5 rings (SSSR count). The van der Waals surface area contributed by atoms with Gasteiger partial charge in [-0.1, -0.05) is 44.2 Å². The smallest absolute Gasteiger partial charge is 0.273 e. The highest BCUT2D eigenvalue weighted by atomic mass is 32.1. The van der Waals surface area contributed by atoms with Crippen molar-refractivity contribution in [2.24, 2.45) is 5.92 Å². The average molecular weight is 619 g/mol. The van der Waals surface area contributed by atoms with Gasteiger partial charge in [-0.25, -0.2) is 9.97 Å². The summed E-state index contributed by atoms with van der Waals surface area (Å²) in [4.78, 5) is 80.8. The van der Waals surface area contributed by atoms with Crippen LogP contribution in [0.25, 0.3) is 0 Å². The number of carbonyl (C=O) groups excluding carboxylic acids is 4. The molecule has 0 unspecified atom stereocenters. The number of nitrogens with zero attached hydrogens (tertiary/aromatic N) is 4. The summed E-state index contributed by atoms with van der Waals surface area (Å²) in [5.41, 5.74) is 0.332. The van der Waals surface area contributed by atoms with Crippen molar-refractivity contribution < 1.29 is 23.6 Å². The summed E-state index contributed by atoms with van der Waals surface area (Å²) in [5.74, 6) is -2.19. The van der Waals surface area contributed by atoms with Gasteiger partial charge in [0.15, 0.2) is 5.69 Å². The van der Waals surface area contributed by atoms with Gasteiger partial charge in [0.2, 0.25) is 11.8 Å². The van der Waals surface area contributed by atoms with Crippen LogP contribution in [0.1, 0.15) is 73.9 Å². The van der Waals surface area contributed by atoms with Gasteiger partial charge in [0.25, 0.3) is 23.3 Å². The number of thiazole rings is 1. The Morgan fingerprint density at radius 2 is 1.84 bits per heavy atom. The summed E-state index contributed by atoms with van der Waals surface area (Å²) in [7, 11) is 0. The molecule has 3 aromatic heterocycles. The van der Waals surface area contributed by atoms with E-state index in [4.69, 9.17) is 4.42 Å². The number of nitrogens with one attached hydrogen (secondary N) is 4. The molecule has 0 saturated carbocycles. The third-order valence-corrected chi connectivity index (χ3v) is 7.74. The number of carbonyl (C=O) groups is 4. The third-order valence-electron chi connectivity index (χ3n) is 6.82. The number of fused-ring (bicyclic) bond motifs is 4. The number of rotatable bonds is 4. The van der Waals surface area contributed by atoms with Gasteiger partial charge in [-0.15, -0.1) is 11.3 Å². The molecular weight excluding hydrogens is 588 g/mol. The Bertz CT molecular complexity index is 1720. The minimum absolute atomic E-state index is 0.0312. The quantitative estimate of drug-likeness (QED) is 0.263. The average Bonchev–Trinajstić information content (AvgIpc) is 3.70. The molecule has 0 spiro atoms. The van der Waals surface area contributed by atoms with E-state index in [1.165, 1.54) is 28.7 Å². The number of hydrogen-bond donors (Lipinski definition) is 4. The van der Waals surface area contributed by atoms with E-state index in [9.17, 15) is 24.0 Å².